The highest BCUT2D eigenvalue weighted by molar-refractivity contribution is 5.94. The van der Waals surface area contributed by atoms with Crippen LogP contribution in [0.5, 0.6) is 5.75 Å². The number of carbonyl (C=O) groups excluding carboxylic acids is 5. The second-order valence-corrected chi connectivity index (χ2v) is 14.5. The zero-order chi connectivity index (χ0) is 37.6. The summed E-state index contributed by atoms with van der Waals surface area (Å²) in [6, 6.07) is 10.1. The molecule has 0 radical (unpaired) electrons. The highest BCUT2D eigenvalue weighted by Crippen LogP contribution is 2.33. The first kappa shape index (κ1) is 41.6. The molecule has 0 aromatic heterocycles. The number of aromatic hydroxyl groups is 1. The van der Waals surface area contributed by atoms with Crippen molar-refractivity contribution in [3.05, 3.63) is 65.2 Å². The number of hydrogen-bond donors (Lipinski definition) is 4. The Balaban J connectivity index is 2.70. The van der Waals surface area contributed by atoms with Crippen molar-refractivity contribution in [1.29, 1.82) is 0 Å². The maximum Gasteiger partial charge on any atom is 0.408 e. The van der Waals surface area contributed by atoms with Gasteiger partial charge < -0.3 is 35.8 Å². The topological polar surface area (TPSA) is 177 Å². The van der Waals surface area contributed by atoms with E-state index in [2.05, 4.69) is 10.6 Å². The summed E-state index contributed by atoms with van der Waals surface area (Å²) in [4.78, 5) is 68.8. The summed E-state index contributed by atoms with van der Waals surface area (Å²) < 4.78 is 11.1. The smallest absolute Gasteiger partial charge is 0.408 e. The lowest BCUT2D eigenvalue weighted by Gasteiger charge is -2.36. The van der Waals surface area contributed by atoms with Gasteiger partial charge in [-0.05, 0) is 72.4 Å². The molecule has 2 aromatic carbocycles. The molecule has 0 heterocycles. The third kappa shape index (κ3) is 14.1. The summed E-state index contributed by atoms with van der Waals surface area (Å²) in [6.45, 7) is 13.9. The lowest BCUT2D eigenvalue weighted by Crippen LogP contribution is -2.55. The molecule has 3 unspecified atom stereocenters. The van der Waals surface area contributed by atoms with Crippen molar-refractivity contribution in [2.45, 2.75) is 130 Å². The Morgan fingerprint density at radius 2 is 1.48 bits per heavy atom. The van der Waals surface area contributed by atoms with Crippen LogP contribution in [-0.4, -0.2) is 69.6 Å². The van der Waals surface area contributed by atoms with Gasteiger partial charge in [-0.3, -0.25) is 14.4 Å². The van der Waals surface area contributed by atoms with E-state index in [-0.39, 0.29) is 37.1 Å². The molecule has 276 valence electrons. The van der Waals surface area contributed by atoms with Gasteiger partial charge in [0.05, 0.1) is 0 Å². The van der Waals surface area contributed by atoms with Crippen molar-refractivity contribution in [2.75, 3.05) is 6.54 Å². The van der Waals surface area contributed by atoms with E-state index in [0.717, 1.165) is 24.8 Å². The molecule has 0 saturated carbocycles. The molecule has 0 saturated heterocycles. The molecule has 0 aliphatic rings. The highest BCUT2D eigenvalue weighted by atomic mass is 16.6. The van der Waals surface area contributed by atoms with Gasteiger partial charge in [-0.2, -0.15) is 0 Å². The maximum absolute atomic E-state index is 14.6. The minimum atomic E-state index is -1.44. The Kier molecular flexibility index (Phi) is 15.8. The van der Waals surface area contributed by atoms with Gasteiger partial charge in [0.2, 0.25) is 17.7 Å². The average molecular weight is 697 g/mol. The van der Waals surface area contributed by atoms with Crippen LogP contribution in [0.25, 0.3) is 0 Å². The average Bonchev–Trinajstić information content (AvgIpc) is 3.00. The molecule has 0 aliphatic carbocycles. The number of esters is 1. The number of nitrogens with two attached hydrogens (primary N) is 1. The zero-order valence-electron chi connectivity index (χ0n) is 30.8. The molecule has 3 atom stereocenters. The molecule has 0 fully saturated rings. The monoisotopic (exact) mass is 696 g/mol. The van der Waals surface area contributed by atoms with Crippen molar-refractivity contribution in [1.82, 2.24) is 15.5 Å². The molecule has 5 N–H and O–H groups in total. The molecular formula is C38H56N4O8. The molecule has 0 aliphatic heterocycles. The molecule has 12 heteroatoms. The quantitative estimate of drug-likeness (QED) is 0.126. The van der Waals surface area contributed by atoms with Gasteiger partial charge in [-0.15, -0.1) is 0 Å². The van der Waals surface area contributed by atoms with Crippen molar-refractivity contribution in [2.24, 2.45) is 5.73 Å². The number of para-hydroxylation sites is 1. The predicted octanol–water partition coefficient (Wildman–Crippen LogP) is 5.38. The first-order valence-corrected chi connectivity index (χ1v) is 17.3. The number of alkyl carbamates (subject to hydrolysis) is 1. The number of nitrogens with zero attached hydrogens (tertiary/aromatic N) is 1. The van der Waals surface area contributed by atoms with Crippen LogP contribution < -0.4 is 16.4 Å². The number of ether oxygens (including phenoxy) is 2. The second-order valence-electron chi connectivity index (χ2n) is 14.5. The summed E-state index contributed by atoms with van der Waals surface area (Å²) in [5, 5.41) is 16.7. The summed E-state index contributed by atoms with van der Waals surface area (Å²) in [6.07, 6.45) is 1.81. The summed E-state index contributed by atoms with van der Waals surface area (Å²) in [5.41, 5.74) is 5.05. The van der Waals surface area contributed by atoms with Crippen molar-refractivity contribution in [3.8, 4) is 5.75 Å². The normalized spacial score (nSPS) is 13.4. The van der Waals surface area contributed by atoms with Crippen LogP contribution in [-0.2, 0) is 35.1 Å². The number of carbonyl (C=O) groups is 5. The van der Waals surface area contributed by atoms with E-state index in [0.29, 0.717) is 12.0 Å². The number of primary amides is 1. The second kappa shape index (κ2) is 19.0. The number of rotatable bonds is 17. The van der Waals surface area contributed by atoms with E-state index in [1.807, 2.05) is 37.3 Å². The van der Waals surface area contributed by atoms with E-state index >= 15 is 0 Å². The number of benzene rings is 2. The molecular weight excluding hydrogens is 640 g/mol. The number of aryl methyl sites for hydroxylation is 1. The van der Waals surface area contributed by atoms with Gasteiger partial charge in [0, 0.05) is 24.9 Å². The minimum absolute atomic E-state index is 0.0587. The van der Waals surface area contributed by atoms with Gasteiger partial charge in [-0.1, -0.05) is 74.7 Å². The number of nitrogens with one attached hydrogen (secondary N) is 2. The summed E-state index contributed by atoms with van der Waals surface area (Å²) >= 11 is 0. The Labute approximate surface area is 296 Å². The summed E-state index contributed by atoms with van der Waals surface area (Å²) in [7, 11) is 0. The van der Waals surface area contributed by atoms with E-state index in [4.69, 9.17) is 15.2 Å². The molecule has 4 amide bonds. The predicted molar refractivity (Wildman–Crippen MR) is 191 cm³/mol. The van der Waals surface area contributed by atoms with Crippen LogP contribution in [0.3, 0.4) is 0 Å². The third-order valence-corrected chi connectivity index (χ3v) is 7.62. The number of amides is 4. The Hall–Kier alpha value is -4.61. The van der Waals surface area contributed by atoms with E-state index < -0.39 is 59.1 Å². The standard InChI is InChI=1S/C38H56N4O8/c1-9-10-11-15-23-42(34(46)28(21-22-30(39)43)41-36(48)50-38(6,7)8)31(27-20-16-17-25(2)32(27)44)33(45)40-29(35(47)49-37(3,4)5)24-26-18-13-12-14-19-26/h12-14,16-20,28-29,31,44H,9-11,15,21-24H2,1-8H3,(H2,39,43)(H,40,45)(H,41,48). The molecule has 2 aromatic rings. The third-order valence-electron chi connectivity index (χ3n) is 7.62. The zero-order valence-corrected chi connectivity index (χ0v) is 30.8. The fourth-order valence-electron chi connectivity index (χ4n) is 5.29. The Morgan fingerprint density at radius 3 is 2.06 bits per heavy atom. The van der Waals surface area contributed by atoms with Crippen molar-refractivity contribution >= 4 is 29.8 Å². The van der Waals surface area contributed by atoms with Crippen molar-refractivity contribution < 1.29 is 38.6 Å². The van der Waals surface area contributed by atoms with Crippen LogP contribution in [0.4, 0.5) is 4.79 Å². The van der Waals surface area contributed by atoms with Crippen LogP contribution in [0.1, 0.15) is 110 Å². The number of phenols is 1. The number of hydrogen-bond acceptors (Lipinski definition) is 8. The van der Waals surface area contributed by atoms with Crippen LogP contribution in [0, 0.1) is 6.92 Å². The molecule has 50 heavy (non-hydrogen) atoms. The maximum atomic E-state index is 14.6. The first-order valence-electron chi connectivity index (χ1n) is 17.3. The van der Waals surface area contributed by atoms with Gasteiger partial charge in [0.25, 0.3) is 0 Å². The van der Waals surface area contributed by atoms with Crippen molar-refractivity contribution in [3.63, 3.8) is 0 Å². The lowest BCUT2D eigenvalue weighted by atomic mass is 9.97. The fourth-order valence-corrected chi connectivity index (χ4v) is 5.29. The fraction of sp³-hybridized carbons (Fsp3) is 0.553. The Bertz CT molecular complexity index is 1450. The summed E-state index contributed by atoms with van der Waals surface area (Å²) in [5.74, 6) is -2.99. The number of unbranched alkanes of at least 4 members (excludes halogenated alkanes) is 3. The minimum Gasteiger partial charge on any atom is -0.507 e. The van der Waals surface area contributed by atoms with Gasteiger partial charge in [0.1, 0.15) is 35.1 Å². The molecule has 0 bridgehead atoms. The lowest BCUT2D eigenvalue weighted by molar-refractivity contribution is -0.159. The van der Waals surface area contributed by atoms with Gasteiger partial charge in [0.15, 0.2) is 0 Å². The first-order chi connectivity index (χ1) is 23.3. The SMILES string of the molecule is CCCCCCN(C(=O)C(CCC(N)=O)NC(=O)OC(C)(C)C)C(C(=O)NC(Cc1ccccc1)C(=O)OC(C)(C)C)c1cccc(C)c1O. The van der Waals surface area contributed by atoms with E-state index in [9.17, 15) is 29.1 Å². The van der Waals surface area contributed by atoms with Crippen LogP contribution in [0.15, 0.2) is 48.5 Å². The van der Waals surface area contributed by atoms with E-state index in [1.54, 1.807) is 60.6 Å². The molecule has 2 rings (SSSR count). The van der Waals surface area contributed by atoms with Gasteiger partial charge >= 0.3 is 12.1 Å². The molecule has 12 nitrogen and oxygen atoms in total. The Morgan fingerprint density at radius 1 is 0.840 bits per heavy atom. The van der Waals surface area contributed by atoms with E-state index in [1.165, 1.54) is 11.0 Å². The van der Waals surface area contributed by atoms with Crippen LogP contribution in [0.2, 0.25) is 0 Å². The van der Waals surface area contributed by atoms with Gasteiger partial charge in [-0.25, -0.2) is 9.59 Å². The molecule has 0 spiro atoms. The number of phenolic OH excluding ortho intramolecular Hbond substituents is 1. The largest absolute Gasteiger partial charge is 0.507 e. The highest BCUT2D eigenvalue weighted by Gasteiger charge is 2.39. The van der Waals surface area contributed by atoms with Crippen LogP contribution >= 0.6 is 0 Å².